The van der Waals surface area contributed by atoms with E-state index in [-0.39, 0.29) is 10.6 Å². The standard InChI is InChI=1S/C7H8FNO2S/c1-12(10,11)6-4-2-3-5(9)7(6)8/h2-4H,9H2,1H3. The van der Waals surface area contributed by atoms with E-state index in [9.17, 15) is 12.8 Å². The summed E-state index contributed by atoms with van der Waals surface area (Å²) >= 11 is 0. The van der Waals surface area contributed by atoms with E-state index in [0.717, 1.165) is 6.26 Å². The minimum atomic E-state index is -3.51. The van der Waals surface area contributed by atoms with Gasteiger partial charge in [0, 0.05) is 6.26 Å². The Labute approximate surface area is 69.9 Å². The molecule has 2 N–H and O–H groups in total. The van der Waals surface area contributed by atoms with Crippen LogP contribution < -0.4 is 5.73 Å². The smallest absolute Gasteiger partial charge is 0.178 e. The van der Waals surface area contributed by atoms with Crippen LogP contribution in [0.2, 0.25) is 0 Å². The van der Waals surface area contributed by atoms with Gasteiger partial charge in [0.1, 0.15) is 4.90 Å². The van der Waals surface area contributed by atoms with Gasteiger partial charge in [0.15, 0.2) is 15.7 Å². The molecule has 1 aromatic carbocycles. The molecule has 0 atom stereocenters. The maximum atomic E-state index is 13.0. The van der Waals surface area contributed by atoms with Crippen molar-refractivity contribution < 1.29 is 12.8 Å². The molecule has 0 saturated carbocycles. The lowest BCUT2D eigenvalue weighted by atomic mass is 10.3. The molecule has 0 bridgehead atoms. The maximum absolute atomic E-state index is 13.0. The van der Waals surface area contributed by atoms with Crippen molar-refractivity contribution in [1.29, 1.82) is 0 Å². The number of sulfone groups is 1. The number of hydrogen-bond acceptors (Lipinski definition) is 3. The number of nitrogens with two attached hydrogens (primary N) is 1. The Morgan fingerprint density at radius 1 is 1.42 bits per heavy atom. The highest BCUT2D eigenvalue weighted by molar-refractivity contribution is 7.90. The summed E-state index contributed by atoms with van der Waals surface area (Å²) in [6.07, 6.45) is 0.935. The molecule has 0 saturated heterocycles. The summed E-state index contributed by atoms with van der Waals surface area (Å²) in [6, 6.07) is 3.89. The zero-order valence-corrected chi connectivity index (χ0v) is 7.23. The Hall–Kier alpha value is -1.10. The maximum Gasteiger partial charge on any atom is 0.178 e. The molecule has 1 rings (SSSR count). The van der Waals surface area contributed by atoms with Gasteiger partial charge in [-0.05, 0) is 12.1 Å². The van der Waals surface area contributed by atoms with E-state index in [4.69, 9.17) is 5.73 Å². The fourth-order valence-corrected chi connectivity index (χ4v) is 1.58. The summed E-state index contributed by atoms with van der Waals surface area (Å²) < 4.78 is 34.8. The predicted molar refractivity (Wildman–Crippen MR) is 43.9 cm³/mol. The minimum Gasteiger partial charge on any atom is -0.396 e. The summed E-state index contributed by atoms with van der Waals surface area (Å²) in [7, 11) is -3.51. The third kappa shape index (κ3) is 1.55. The molecule has 0 aromatic heterocycles. The quantitative estimate of drug-likeness (QED) is 0.665. The predicted octanol–water partition coefficient (Wildman–Crippen LogP) is 0.811. The lowest BCUT2D eigenvalue weighted by Gasteiger charge is -2.01. The van der Waals surface area contributed by atoms with Gasteiger partial charge in [-0.3, -0.25) is 0 Å². The Bertz CT molecular complexity index is 400. The van der Waals surface area contributed by atoms with E-state index in [0.29, 0.717) is 0 Å². The van der Waals surface area contributed by atoms with Crippen molar-refractivity contribution in [3.63, 3.8) is 0 Å². The van der Waals surface area contributed by atoms with Crippen molar-refractivity contribution in [3.05, 3.63) is 24.0 Å². The van der Waals surface area contributed by atoms with Crippen LogP contribution in [0.3, 0.4) is 0 Å². The summed E-state index contributed by atoms with van der Waals surface area (Å²) in [4.78, 5) is -0.359. The van der Waals surface area contributed by atoms with E-state index in [1.54, 1.807) is 0 Å². The molecule has 0 unspecified atom stereocenters. The van der Waals surface area contributed by atoms with Crippen LogP contribution in [-0.4, -0.2) is 14.7 Å². The van der Waals surface area contributed by atoms with E-state index in [2.05, 4.69) is 0 Å². The van der Waals surface area contributed by atoms with Crippen LogP contribution in [0.15, 0.2) is 23.1 Å². The summed E-state index contributed by atoms with van der Waals surface area (Å²) in [6.45, 7) is 0. The molecule has 0 aliphatic carbocycles. The minimum absolute atomic E-state index is 0.155. The average molecular weight is 189 g/mol. The SMILES string of the molecule is CS(=O)(=O)c1cccc(N)c1F. The summed E-state index contributed by atoms with van der Waals surface area (Å²) in [5, 5.41) is 0. The average Bonchev–Trinajstić information content (AvgIpc) is 1.92. The van der Waals surface area contributed by atoms with E-state index in [1.165, 1.54) is 18.2 Å². The second kappa shape index (κ2) is 2.75. The summed E-state index contributed by atoms with van der Waals surface area (Å²) in [5.74, 6) is -0.875. The van der Waals surface area contributed by atoms with E-state index < -0.39 is 15.7 Å². The topological polar surface area (TPSA) is 60.2 Å². The first-order chi connectivity index (χ1) is 5.43. The molecule has 0 fully saturated rings. The molecule has 3 nitrogen and oxygen atoms in total. The first kappa shape index (κ1) is 8.99. The van der Waals surface area contributed by atoms with Crippen LogP contribution in [-0.2, 0) is 9.84 Å². The monoisotopic (exact) mass is 189 g/mol. The number of anilines is 1. The molecule has 0 amide bonds. The molecule has 0 radical (unpaired) electrons. The Morgan fingerprint density at radius 3 is 2.42 bits per heavy atom. The first-order valence-electron chi connectivity index (χ1n) is 3.17. The highest BCUT2D eigenvalue weighted by atomic mass is 32.2. The molecule has 0 spiro atoms. The lowest BCUT2D eigenvalue weighted by molar-refractivity contribution is 0.573. The third-order valence-electron chi connectivity index (χ3n) is 1.39. The number of hydrogen-bond donors (Lipinski definition) is 1. The van der Waals surface area contributed by atoms with Crippen LogP contribution in [0.5, 0.6) is 0 Å². The Balaban J connectivity index is 3.47. The third-order valence-corrected chi connectivity index (χ3v) is 2.51. The van der Waals surface area contributed by atoms with Gasteiger partial charge in [-0.15, -0.1) is 0 Å². The van der Waals surface area contributed by atoms with Crippen LogP contribution in [0.4, 0.5) is 10.1 Å². The molecular formula is C7H8FNO2S. The van der Waals surface area contributed by atoms with Gasteiger partial charge in [-0.2, -0.15) is 0 Å². The fraction of sp³-hybridized carbons (Fsp3) is 0.143. The van der Waals surface area contributed by atoms with Crippen LogP contribution in [0.1, 0.15) is 0 Å². The van der Waals surface area contributed by atoms with Gasteiger partial charge in [0.05, 0.1) is 5.69 Å². The Morgan fingerprint density at radius 2 is 2.00 bits per heavy atom. The van der Waals surface area contributed by atoms with Crippen molar-refractivity contribution in [2.24, 2.45) is 0 Å². The number of halogens is 1. The Kier molecular flexibility index (Phi) is 2.06. The number of rotatable bonds is 1. The largest absolute Gasteiger partial charge is 0.396 e. The van der Waals surface area contributed by atoms with E-state index >= 15 is 0 Å². The van der Waals surface area contributed by atoms with Crippen molar-refractivity contribution in [2.75, 3.05) is 12.0 Å². The van der Waals surface area contributed by atoms with Crippen LogP contribution >= 0.6 is 0 Å². The van der Waals surface area contributed by atoms with Crippen LogP contribution in [0.25, 0.3) is 0 Å². The zero-order valence-electron chi connectivity index (χ0n) is 6.41. The number of nitrogen functional groups attached to an aromatic ring is 1. The second-order valence-electron chi connectivity index (χ2n) is 2.43. The van der Waals surface area contributed by atoms with Gasteiger partial charge in [0.25, 0.3) is 0 Å². The fourth-order valence-electron chi connectivity index (χ4n) is 0.814. The van der Waals surface area contributed by atoms with Gasteiger partial charge in [-0.25, -0.2) is 12.8 Å². The van der Waals surface area contributed by atoms with Crippen molar-refractivity contribution in [1.82, 2.24) is 0 Å². The molecule has 66 valence electrons. The molecule has 0 heterocycles. The molecular weight excluding hydrogens is 181 g/mol. The summed E-state index contributed by atoms with van der Waals surface area (Å²) in [5.41, 5.74) is 5.02. The molecule has 12 heavy (non-hydrogen) atoms. The van der Waals surface area contributed by atoms with Gasteiger partial charge in [-0.1, -0.05) is 6.07 Å². The molecule has 5 heteroatoms. The van der Waals surface area contributed by atoms with Crippen LogP contribution in [0, 0.1) is 5.82 Å². The highest BCUT2D eigenvalue weighted by Gasteiger charge is 2.14. The molecule has 0 aliphatic heterocycles. The molecule has 0 aliphatic rings. The van der Waals surface area contributed by atoms with E-state index in [1.807, 2.05) is 0 Å². The van der Waals surface area contributed by atoms with Gasteiger partial charge < -0.3 is 5.73 Å². The first-order valence-corrected chi connectivity index (χ1v) is 5.06. The normalized spacial score (nSPS) is 11.5. The van der Waals surface area contributed by atoms with Crippen molar-refractivity contribution in [3.8, 4) is 0 Å². The molecule has 1 aromatic rings. The number of benzene rings is 1. The lowest BCUT2D eigenvalue weighted by Crippen LogP contribution is -2.03. The van der Waals surface area contributed by atoms with Crippen molar-refractivity contribution in [2.45, 2.75) is 4.90 Å². The zero-order chi connectivity index (χ0) is 9.35. The second-order valence-corrected chi connectivity index (χ2v) is 4.42. The van der Waals surface area contributed by atoms with Crippen molar-refractivity contribution >= 4 is 15.5 Å². The van der Waals surface area contributed by atoms with Gasteiger partial charge >= 0.3 is 0 Å². The highest BCUT2D eigenvalue weighted by Crippen LogP contribution is 2.18. The van der Waals surface area contributed by atoms with Gasteiger partial charge in [0.2, 0.25) is 0 Å².